The Morgan fingerprint density at radius 2 is 1.60 bits per heavy atom. The van der Waals surface area contributed by atoms with Gasteiger partial charge in [0.25, 0.3) is 0 Å². The first-order chi connectivity index (χ1) is 9.38. The topological polar surface area (TPSA) is 17.1 Å². The molecule has 1 nitrogen and oxygen atoms in total. The van der Waals surface area contributed by atoms with E-state index in [2.05, 4.69) is 15.9 Å². The van der Waals surface area contributed by atoms with E-state index < -0.39 is 17.5 Å². The van der Waals surface area contributed by atoms with Crippen molar-refractivity contribution in [3.05, 3.63) is 69.7 Å². The molecule has 0 aliphatic carbocycles. The first kappa shape index (κ1) is 14.8. The van der Waals surface area contributed by atoms with Gasteiger partial charge in [-0.15, -0.1) is 0 Å². The SMILES string of the molecule is O=C(Cc1ccc(Br)cc1)c1ccccc1C(F)(F)F. The van der Waals surface area contributed by atoms with Crippen molar-refractivity contribution in [2.24, 2.45) is 0 Å². The van der Waals surface area contributed by atoms with Crippen molar-refractivity contribution >= 4 is 21.7 Å². The number of rotatable bonds is 3. The molecule has 0 saturated heterocycles. The molecule has 0 aliphatic rings. The third-order valence-corrected chi connectivity index (χ3v) is 3.34. The second-order valence-electron chi connectivity index (χ2n) is 4.27. The Morgan fingerprint density at radius 1 is 1.00 bits per heavy atom. The molecule has 0 amide bonds. The van der Waals surface area contributed by atoms with Crippen molar-refractivity contribution in [1.82, 2.24) is 0 Å². The fraction of sp³-hybridized carbons (Fsp3) is 0.133. The molecule has 2 aromatic carbocycles. The maximum absolute atomic E-state index is 12.8. The van der Waals surface area contributed by atoms with Gasteiger partial charge in [-0.3, -0.25) is 4.79 Å². The van der Waals surface area contributed by atoms with Crippen LogP contribution in [0.4, 0.5) is 13.2 Å². The van der Waals surface area contributed by atoms with Crippen LogP contribution < -0.4 is 0 Å². The highest BCUT2D eigenvalue weighted by Gasteiger charge is 2.34. The highest BCUT2D eigenvalue weighted by molar-refractivity contribution is 9.10. The Morgan fingerprint density at radius 3 is 2.20 bits per heavy atom. The largest absolute Gasteiger partial charge is 0.417 e. The summed E-state index contributed by atoms with van der Waals surface area (Å²) >= 11 is 3.26. The van der Waals surface area contributed by atoms with Crippen molar-refractivity contribution in [3.63, 3.8) is 0 Å². The van der Waals surface area contributed by atoms with Crippen molar-refractivity contribution in [3.8, 4) is 0 Å². The van der Waals surface area contributed by atoms with Crippen LogP contribution >= 0.6 is 15.9 Å². The molecule has 2 rings (SSSR count). The van der Waals surface area contributed by atoms with Gasteiger partial charge in [0.2, 0.25) is 0 Å². The minimum Gasteiger partial charge on any atom is -0.294 e. The maximum Gasteiger partial charge on any atom is 0.417 e. The molecule has 0 aromatic heterocycles. The van der Waals surface area contributed by atoms with E-state index in [1.54, 1.807) is 24.3 Å². The van der Waals surface area contributed by atoms with E-state index in [9.17, 15) is 18.0 Å². The molecule has 2 aromatic rings. The van der Waals surface area contributed by atoms with Crippen LogP contribution in [0.3, 0.4) is 0 Å². The summed E-state index contributed by atoms with van der Waals surface area (Å²) in [5, 5.41) is 0. The summed E-state index contributed by atoms with van der Waals surface area (Å²) in [6, 6.07) is 11.8. The average Bonchev–Trinajstić information content (AvgIpc) is 2.40. The Labute approximate surface area is 122 Å². The van der Waals surface area contributed by atoms with Gasteiger partial charge >= 0.3 is 6.18 Å². The smallest absolute Gasteiger partial charge is 0.294 e. The fourth-order valence-electron chi connectivity index (χ4n) is 1.86. The molecule has 0 fully saturated rings. The van der Waals surface area contributed by atoms with Gasteiger partial charge in [-0.25, -0.2) is 0 Å². The maximum atomic E-state index is 12.8. The zero-order valence-electron chi connectivity index (χ0n) is 10.2. The average molecular weight is 343 g/mol. The van der Waals surface area contributed by atoms with E-state index in [-0.39, 0.29) is 12.0 Å². The van der Waals surface area contributed by atoms with Crippen LogP contribution in [0.15, 0.2) is 53.0 Å². The zero-order valence-corrected chi connectivity index (χ0v) is 11.8. The highest BCUT2D eigenvalue weighted by atomic mass is 79.9. The quantitative estimate of drug-likeness (QED) is 0.725. The van der Waals surface area contributed by atoms with Crippen LogP contribution in [0.2, 0.25) is 0 Å². The Bertz CT molecular complexity index is 618. The normalized spacial score (nSPS) is 11.4. The lowest BCUT2D eigenvalue weighted by Gasteiger charge is -2.11. The van der Waals surface area contributed by atoms with Gasteiger partial charge in [-0.1, -0.05) is 46.3 Å². The molecule has 0 bridgehead atoms. The summed E-state index contributed by atoms with van der Waals surface area (Å²) in [7, 11) is 0. The van der Waals surface area contributed by atoms with E-state index in [1.807, 2.05) is 0 Å². The van der Waals surface area contributed by atoms with Gasteiger partial charge < -0.3 is 0 Å². The summed E-state index contributed by atoms with van der Waals surface area (Å²) in [5.74, 6) is -0.541. The number of carbonyl (C=O) groups is 1. The summed E-state index contributed by atoms with van der Waals surface area (Å²) in [6.45, 7) is 0. The monoisotopic (exact) mass is 342 g/mol. The molecule has 0 unspecified atom stereocenters. The Kier molecular flexibility index (Phi) is 4.28. The van der Waals surface area contributed by atoms with Gasteiger partial charge in [0, 0.05) is 16.5 Å². The van der Waals surface area contributed by atoms with Crippen LogP contribution in [0.5, 0.6) is 0 Å². The van der Waals surface area contributed by atoms with Gasteiger partial charge in [-0.2, -0.15) is 13.2 Å². The molecular formula is C15H10BrF3O. The summed E-state index contributed by atoms with van der Waals surface area (Å²) in [6.07, 6.45) is -4.58. The predicted molar refractivity (Wildman–Crippen MR) is 73.6 cm³/mol. The van der Waals surface area contributed by atoms with E-state index in [0.717, 1.165) is 10.5 Å². The molecule has 0 aliphatic heterocycles. The first-order valence-corrected chi connectivity index (χ1v) is 6.61. The van der Waals surface area contributed by atoms with Gasteiger partial charge in [0.1, 0.15) is 0 Å². The van der Waals surface area contributed by atoms with E-state index in [4.69, 9.17) is 0 Å². The lowest BCUT2D eigenvalue weighted by atomic mass is 9.98. The van der Waals surface area contributed by atoms with Crippen molar-refractivity contribution < 1.29 is 18.0 Å². The molecule has 0 heterocycles. The number of hydrogen-bond acceptors (Lipinski definition) is 1. The molecule has 104 valence electrons. The number of carbonyl (C=O) groups excluding carboxylic acids is 1. The Hall–Kier alpha value is -1.62. The van der Waals surface area contributed by atoms with Crippen molar-refractivity contribution in [2.45, 2.75) is 12.6 Å². The summed E-state index contributed by atoms with van der Waals surface area (Å²) < 4.78 is 39.4. The van der Waals surface area contributed by atoms with Crippen LogP contribution in [-0.2, 0) is 12.6 Å². The standard InChI is InChI=1S/C15H10BrF3O/c16-11-7-5-10(6-8-11)9-14(20)12-3-1-2-4-13(12)15(17,18)19/h1-8H,9H2. The van der Waals surface area contributed by atoms with Crippen molar-refractivity contribution in [2.75, 3.05) is 0 Å². The molecular weight excluding hydrogens is 333 g/mol. The Balaban J connectivity index is 2.28. The number of hydrogen-bond donors (Lipinski definition) is 0. The van der Waals surface area contributed by atoms with Crippen LogP contribution in [-0.4, -0.2) is 5.78 Å². The molecule has 0 spiro atoms. The zero-order chi connectivity index (χ0) is 14.8. The molecule has 20 heavy (non-hydrogen) atoms. The molecule has 5 heteroatoms. The van der Waals surface area contributed by atoms with Crippen LogP contribution in [0.1, 0.15) is 21.5 Å². The fourth-order valence-corrected chi connectivity index (χ4v) is 2.12. The second kappa shape index (κ2) is 5.79. The van der Waals surface area contributed by atoms with Gasteiger partial charge in [0.05, 0.1) is 5.56 Å². The number of alkyl halides is 3. The van der Waals surface area contributed by atoms with Crippen LogP contribution in [0.25, 0.3) is 0 Å². The lowest BCUT2D eigenvalue weighted by Crippen LogP contribution is -2.14. The van der Waals surface area contributed by atoms with Gasteiger partial charge in [-0.05, 0) is 23.8 Å². The number of halogens is 4. The third-order valence-electron chi connectivity index (χ3n) is 2.81. The first-order valence-electron chi connectivity index (χ1n) is 5.82. The van der Waals surface area contributed by atoms with Crippen LogP contribution in [0, 0.1) is 0 Å². The van der Waals surface area contributed by atoms with E-state index in [0.29, 0.717) is 5.56 Å². The molecule has 0 saturated carbocycles. The number of ketones is 1. The minimum atomic E-state index is -4.52. The number of benzene rings is 2. The summed E-state index contributed by atoms with van der Waals surface area (Å²) in [5.41, 5.74) is -0.500. The number of Topliss-reactive ketones (excluding diaryl/α,β-unsaturated/α-hetero) is 1. The predicted octanol–water partition coefficient (Wildman–Crippen LogP) is 4.89. The second-order valence-corrected chi connectivity index (χ2v) is 5.19. The summed E-state index contributed by atoms with van der Waals surface area (Å²) in [4.78, 5) is 12.1. The highest BCUT2D eigenvalue weighted by Crippen LogP contribution is 2.32. The minimum absolute atomic E-state index is 0.0552. The van der Waals surface area contributed by atoms with Gasteiger partial charge in [0.15, 0.2) is 5.78 Å². The molecule has 0 radical (unpaired) electrons. The van der Waals surface area contributed by atoms with Crippen molar-refractivity contribution in [1.29, 1.82) is 0 Å². The molecule has 0 N–H and O–H groups in total. The third kappa shape index (κ3) is 3.48. The lowest BCUT2D eigenvalue weighted by molar-refractivity contribution is -0.137. The van der Waals surface area contributed by atoms with E-state index in [1.165, 1.54) is 18.2 Å². The molecule has 0 atom stereocenters. The van der Waals surface area contributed by atoms with E-state index >= 15 is 0 Å².